The highest BCUT2D eigenvalue weighted by Gasteiger charge is 2.06. The van der Waals surface area contributed by atoms with Crippen LogP contribution in [0.4, 0.5) is 0 Å². The summed E-state index contributed by atoms with van der Waals surface area (Å²) in [6.07, 6.45) is 2.27. The van der Waals surface area contributed by atoms with Gasteiger partial charge in [0.15, 0.2) is 0 Å². The Labute approximate surface area is 122 Å². The average molecular weight is 271 g/mol. The van der Waals surface area contributed by atoms with Gasteiger partial charge in [-0.15, -0.1) is 0 Å². The van der Waals surface area contributed by atoms with Gasteiger partial charge in [-0.2, -0.15) is 5.10 Å². The summed E-state index contributed by atoms with van der Waals surface area (Å²) in [5, 5.41) is 8.03. The van der Waals surface area contributed by atoms with Crippen LogP contribution in [0.3, 0.4) is 0 Å². The fraction of sp³-hybridized carbons (Fsp3) is 0.471. The van der Waals surface area contributed by atoms with Crippen molar-refractivity contribution >= 4 is 0 Å². The van der Waals surface area contributed by atoms with E-state index in [1.54, 1.807) is 0 Å². The fourth-order valence-corrected chi connectivity index (χ4v) is 2.48. The second-order valence-electron chi connectivity index (χ2n) is 5.35. The lowest BCUT2D eigenvalue weighted by Crippen LogP contribution is -2.18. The highest BCUT2D eigenvalue weighted by Crippen LogP contribution is 2.13. The van der Waals surface area contributed by atoms with Gasteiger partial charge in [0.25, 0.3) is 0 Å². The molecule has 0 spiro atoms. The van der Waals surface area contributed by atoms with Gasteiger partial charge in [-0.25, -0.2) is 0 Å². The maximum Gasteiger partial charge on any atom is 0.0665 e. The summed E-state index contributed by atoms with van der Waals surface area (Å²) in [6, 6.07) is 10.8. The van der Waals surface area contributed by atoms with Gasteiger partial charge in [-0.05, 0) is 57.0 Å². The van der Waals surface area contributed by atoms with Crippen molar-refractivity contribution in [3.8, 4) is 0 Å². The van der Waals surface area contributed by atoms with Crippen LogP contribution in [-0.4, -0.2) is 22.9 Å². The number of hydrogen-bond donors (Lipinski definition) is 1. The van der Waals surface area contributed by atoms with Gasteiger partial charge in [-0.3, -0.25) is 4.68 Å². The van der Waals surface area contributed by atoms with Gasteiger partial charge in [-0.1, -0.05) is 31.2 Å². The molecule has 0 aliphatic rings. The second kappa shape index (κ2) is 7.25. The molecule has 1 aromatic carbocycles. The Morgan fingerprint density at radius 2 is 1.85 bits per heavy atom. The Bertz CT molecular complexity index is 543. The number of hydrogen-bond acceptors (Lipinski definition) is 2. The molecule has 1 heterocycles. The van der Waals surface area contributed by atoms with E-state index in [1.165, 1.54) is 23.2 Å². The van der Waals surface area contributed by atoms with Crippen molar-refractivity contribution < 1.29 is 0 Å². The van der Waals surface area contributed by atoms with Crippen LogP contribution in [0.15, 0.2) is 30.3 Å². The topological polar surface area (TPSA) is 29.9 Å². The minimum atomic E-state index is 0.865. The number of aromatic nitrogens is 2. The van der Waals surface area contributed by atoms with E-state index in [4.69, 9.17) is 0 Å². The van der Waals surface area contributed by atoms with Gasteiger partial charge in [0, 0.05) is 5.69 Å². The second-order valence-corrected chi connectivity index (χ2v) is 5.35. The summed E-state index contributed by atoms with van der Waals surface area (Å²) < 4.78 is 2.09. The number of nitrogens with one attached hydrogen (secondary N) is 1. The maximum atomic E-state index is 4.56. The molecule has 0 aliphatic carbocycles. The van der Waals surface area contributed by atoms with Crippen LogP contribution in [0.2, 0.25) is 0 Å². The molecular weight excluding hydrogens is 246 g/mol. The average Bonchev–Trinajstić information content (AvgIpc) is 2.75. The molecule has 108 valence electrons. The van der Waals surface area contributed by atoms with Gasteiger partial charge < -0.3 is 5.32 Å². The first-order chi connectivity index (χ1) is 9.70. The lowest BCUT2D eigenvalue weighted by Gasteiger charge is -2.11. The minimum absolute atomic E-state index is 0.865. The van der Waals surface area contributed by atoms with Crippen LogP contribution >= 0.6 is 0 Å². The molecule has 1 aromatic heterocycles. The third kappa shape index (κ3) is 3.94. The zero-order valence-electron chi connectivity index (χ0n) is 12.8. The summed E-state index contributed by atoms with van der Waals surface area (Å²) >= 11 is 0. The molecule has 0 unspecified atom stereocenters. The Hall–Kier alpha value is -1.61. The predicted octanol–water partition coefficient (Wildman–Crippen LogP) is 3.09. The van der Waals surface area contributed by atoms with E-state index >= 15 is 0 Å². The maximum absolute atomic E-state index is 4.56. The summed E-state index contributed by atoms with van der Waals surface area (Å²) in [5.74, 6) is 0. The molecule has 0 fully saturated rings. The molecule has 0 bridgehead atoms. The molecule has 20 heavy (non-hydrogen) atoms. The van der Waals surface area contributed by atoms with Gasteiger partial charge in [0.2, 0.25) is 0 Å². The van der Waals surface area contributed by atoms with E-state index in [0.717, 1.165) is 31.7 Å². The Balaban J connectivity index is 2.05. The zero-order chi connectivity index (χ0) is 14.4. The van der Waals surface area contributed by atoms with Crippen molar-refractivity contribution in [1.29, 1.82) is 0 Å². The number of nitrogens with zero attached hydrogens (tertiary/aromatic N) is 2. The van der Waals surface area contributed by atoms with Crippen molar-refractivity contribution in [2.45, 2.75) is 40.2 Å². The van der Waals surface area contributed by atoms with Crippen molar-refractivity contribution in [2.75, 3.05) is 13.1 Å². The first-order valence-corrected chi connectivity index (χ1v) is 7.49. The molecular formula is C17H25N3. The van der Waals surface area contributed by atoms with Gasteiger partial charge in [0.05, 0.1) is 12.2 Å². The van der Waals surface area contributed by atoms with Crippen LogP contribution in [0.1, 0.15) is 35.9 Å². The zero-order valence-corrected chi connectivity index (χ0v) is 12.8. The Morgan fingerprint density at radius 1 is 1.10 bits per heavy atom. The van der Waals surface area contributed by atoms with Crippen molar-refractivity contribution in [3.63, 3.8) is 0 Å². The molecule has 0 amide bonds. The molecule has 3 heteroatoms. The number of rotatable bonds is 7. The minimum Gasteiger partial charge on any atom is -0.316 e. The summed E-state index contributed by atoms with van der Waals surface area (Å²) in [5.41, 5.74) is 5.10. The standard InChI is InChI=1S/C17H25N3/c1-4-10-18-11-9-16-7-5-6-8-17(16)13-20-15(3)12-14(2)19-20/h5-8,12,18H,4,9-11,13H2,1-3H3. The highest BCUT2D eigenvalue weighted by molar-refractivity contribution is 5.28. The summed E-state index contributed by atoms with van der Waals surface area (Å²) in [7, 11) is 0. The third-order valence-corrected chi connectivity index (χ3v) is 3.54. The van der Waals surface area contributed by atoms with Crippen LogP contribution in [0.25, 0.3) is 0 Å². The molecule has 0 aliphatic heterocycles. The normalized spacial score (nSPS) is 10.9. The van der Waals surface area contributed by atoms with Crippen LogP contribution < -0.4 is 5.32 Å². The monoisotopic (exact) mass is 271 g/mol. The van der Waals surface area contributed by atoms with Crippen LogP contribution in [-0.2, 0) is 13.0 Å². The predicted molar refractivity (Wildman–Crippen MR) is 84.1 cm³/mol. The van der Waals surface area contributed by atoms with E-state index in [0.29, 0.717) is 0 Å². The van der Waals surface area contributed by atoms with Gasteiger partial charge in [0.1, 0.15) is 0 Å². The molecule has 0 saturated heterocycles. The number of aryl methyl sites for hydroxylation is 2. The Morgan fingerprint density at radius 3 is 2.50 bits per heavy atom. The molecule has 0 radical (unpaired) electrons. The lowest BCUT2D eigenvalue weighted by atomic mass is 10.0. The van der Waals surface area contributed by atoms with Gasteiger partial charge >= 0.3 is 0 Å². The summed E-state index contributed by atoms with van der Waals surface area (Å²) in [4.78, 5) is 0. The largest absolute Gasteiger partial charge is 0.316 e. The SMILES string of the molecule is CCCNCCc1ccccc1Cn1nc(C)cc1C. The highest BCUT2D eigenvalue weighted by atomic mass is 15.3. The molecule has 1 N–H and O–H groups in total. The van der Waals surface area contributed by atoms with Crippen molar-refractivity contribution in [3.05, 3.63) is 52.8 Å². The van der Waals surface area contributed by atoms with Crippen molar-refractivity contribution in [1.82, 2.24) is 15.1 Å². The molecule has 0 saturated carbocycles. The number of benzene rings is 1. The lowest BCUT2D eigenvalue weighted by molar-refractivity contribution is 0.642. The quantitative estimate of drug-likeness (QED) is 0.784. The van der Waals surface area contributed by atoms with E-state index in [-0.39, 0.29) is 0 Å². The summed E-state index contributed by atoms with van der Waals surface area (Å²) in [6.45, 7) is 9.37. The molecule has 3 nitrogen and oxygen atoms in total. The van der Waals surface area contributed by atoms with E-state index in [2.05, 4.69) is 59.3 Å². The van der Waals surface area contributed by atoms with E-state index < -0.39 is 0 Å². The van der Waals surface area contributed by atoms with Crippen molar-refractivity contribution in [2.24, 2.45) is 0 Å². The van der Waals surface area contributed by atoms with Crippen LogP contribution in [0.5, 0.6) is 0 Å². The fourth-order valence-electron chi connectivity index (χ4n) is 2.48. The first-order valence-electron chi connectivity index (χ1n) is 7.49. The van der Waals surface area contributed by atoms with E-state index in [1.807, 2.05) is 6.92 Å². The third-order valence-electron chi connectivity index (χ3n) is 3.54. The first kappa shape index (κ1) is 14.8. The molecule has 2 aromatic rings. The van der Waals surface area contributed by atoms with E-state index in [9.17, 15) is 0 Å². The van der Waals surface area contributed by atoms with Crippen LogP contribution in [0, 0.1) is 13.8 Å². The molecule has 2 rings (SSSR count). The smallest absolute Gasteiger partial charge is 0.0665 e. The molecule has 0 atom stereocenters. The Kier molecular flexibility index (Phi) is 5.36.